The van der Waals surface area contributed by atoms with E-state index >= 15 is 0 Å². The maximum absolute atomic E-state index is 12.8. The smallest absolute Gasteiger partial charge is 0.293 e. The minimum Gasteiger partial charge on any atom is -0.493 e. The molecule has 1 aliphatic rings. The van der Waals surface area contributed by atoms with Crippen LogP contribution in [0.15, 0.2) is 45.8 Å². The van der Waals surface area contributed by atoms with E-state index in [-0.39, 0.29) is 23.8 Å². The van der Waals surface area contributed by atoms with Gasteiger partial charge < -0.3 is 9.47 Å². The zero-order valence-electron chi connectivity index (χ0n) is 16.1. The van der Waals surface area contributed by atoms with E-state index in [1.807, 2.05) is 19.9 Å². The molecular formula is C21H19BrClNO4S. The van der Waals surface area contributed by atoms with Crippen LogP contribution in [-0.4, -0.2) is 29.3 Å². The van der Waals surface area contributed by atoms with Crippen molar-refractivity contribution in [2.24, 2.45) is 0 Å². The fourth-order valence-corrected chi connectivity index (χ4v) is 4.25. The van der Waals surface area contributed by atoms with Gasteiger partial charge in [0.15, 0.2) is 11.5 Å². The zero-order chi connectivity index (χ0) is 21.1. The predicted molar refractivity (Wildman–Crippen MR) is 119 cm³/mol. The Morgan fingerprint density at radius 2 is 1.90 bits per heavy atom. The summed E-state index contributed by atoms with van der Waals surface area (Å²) in [5.74, 6) is 0.808. The maximum Gasteiger partial charge on any atom is 0.293 e. The SMILES string of the molecule is COc1cc(/C=C2/SC(=O)N(Cc3ccc(Cl)cc3)C2=O)cc(Br)c1OC(C)C. The lowest BCUT2D eigenvalue weighted by molar-refractivity contribution is -0.123. The van der Waals surface area contributed by atoms with Gasteiger partial charge in [0.25, 0.3) is 11.1 Å². The highest BCUT2D eigenvalue weighted by Gasteiger charge is 2.35. The first-order valence-corrected chi connectivity index (χ1v) is 10.8. The lowest BCUT2D eigenvalue weighted by Crippen LogP contribution is -2.27. The molecule has 0 radical (unpaired) electrons. The van der Waals surface area contributed by atoms with Crippen LogP contribution in [0.3, 0.4) is 0 Å². The number of hydrogen-bond acceptors (Lipinski definition) is 5. The van der Waals surface area contributed by atoms with Crippen LogP contribution in [0.4, 0.5) is 4.79 Å². The quantitative estimate of drug-likeness (QED) is 0.450. The molecular weight excluding hydrogens is 478 g/mol. The average Bonchev–Trinajstić information content (AvgIpc) is 2.92. The van der Waals surface area contributed by atoms with E-state index in [0.29, 0.717) is 25.9 Å². The van der Waals surface area contributed by atoms with E-state index in [1.165, 1.54) is 4.90 Å². The molecule has 0 unspecified atom stereocenters. The van der Waals surface area contributed by atoms with Crippen molar-refractivity contribution < 1.29 is 19.1 Å². The monoisotopic (exact) mass is 495 g/mol. The summed E-state index contributed by atoms with van der Waals surface area (Å²) in [4.78, 5) is 26.7. The van der Waals surface area contributed by atoms with Crippen LogP contribution in [0.25, 0.3) is 6.08 Å². The van der Waals surface area contributed by atoms with E-state index in [0.717, 1.165) is 22.9 Å². The Balaban J connectivity index is 1.85. The lowest BCUT2D eigenvalue weighted by Gasteiger charge is -2.16. The molecule has 2 amide bonds. The molecule has 29 heavy (non-hydrogen) atoms. The van der Waals surface area contributed by atoms with Gasteiger partial charge in [-0.3, -0.25) is 14.5 Å². The first-order chi connectivity index (χ1) is 13.8. The highest BCUT2D eigenvalue weighted by atomic mass is 79.9. The summed E-state index contributed by atoms with van der Waals surface area (Å²) >= 11 is 10.3. The molecule has 2 aromatic carbocycles. The van der Waals surface area contributed by atoms with Crippen LogP contribution in [0.2, 0.25) is 5.02 Å². The molecule has 2 aromatic rings. The number of carbonyl (C=O) groups excluding carboxylic acids is 2. The summed E-state index contributed by atoms with van der Waals surface area (Å²) in [7, 11) is 1.55. The van der Waals surface area contributed by atoms with Gasteiger partial charge in [-0.15, -0.1) is 0 Å². The Morgan fingerprint density at radius 1 is 1.21 bits per heavy atom. The van der Waals surface area contributed by atoms with Crippen molar-refractivity contribution in [3.05, 3.63) is 61.9 Å². The second-order valence-corrected chi connectivity index (χ2v) is 8.88. The van der Waals surface area contributed by atoms with Crippen molar-refractivity contribution >= 4 is 56.5 Å². The van der Waals surface area contributed by atoms with Crippen LogP contribution >= 0.6 is 39.3 Å². The van der Waals surface area contributed by atoms with Crippen molar-refractivity contribution in [1.29, 1.82) is 0 Å². The van der Waals surface area contributed by atoms with Crippen molar-refractivity contribution in [2.45, 2.75) is 26.5 Å². The summed E-state index contributed by atoms with van der Waals surface area (Å²) in [6, 6.07) is 10.7. The van der Waals surface area contributed by atoms with Gasteiger partial charge >= 0.3 is 0 Å². The van der Waals surface area contributed by atoms with Crippen molar-refractivity contribution in [3.8, 4) is 11.5 Å². The van der Waals surface area contributed by atoms with Gasteiger partial charge in [-0.25, -0.2) is 0 Å². The molecule has 8 heteroatoms. The standard InChI is InChI=1S/C21H19BrClNO4S/c1-12(2)28-19-16(22)8-14(9-17(19)27-3)10-18-20(25)24(21(26)29-18)11-13-4-6-15(23)7-5-13/h4-10,12H,11H2,1-3H3/b18-10+. The Labute approximate surface area is 187 Å². The molecule has 5 nitrogen and oxygen atoms in total. The molecule has 1 heterocycles. The first-order valence-electron chi connectivity index (χ1n) is 8.82. The summed E-state index contributed by atoms with van der Waals surface area (Å²) < 4.78 is 11.9. The number of nitrogens with zero attached hydrogens (tertiary/aromatic N) is 1. The first kappa shape index (κ1) is 21.7. The normalized spacial score (nSPS) is 15.5. The largest absolute Gasteiger partial charge is 0.493 e. The molecule has 0 bridgehead atoms. The molecule has 1 fully saturated rings. The molecule has 0 aliphatic carbocycles. The Bertz CT molecular complexity index is 975. The molecule has 1 saturated heterocycles. The van der Waals surface area contributed by atoms with Crippen LogP contribution in [0, 0.1) is 0 Å². The third-order valence-corrected chi connectivity index (χ3v) is 5.78. The highest BCUT2D eigenvalue weighted by molar-refractivity contribution is 9.10. The molecule has 1 aliphatic heterocycles. The van der Waals surface area contributed by atoms with E-state index in [4.69, 9.17) is 21.1 Å². The minimum absolute atomic E-state index is 0.0181. The third-order valence-electron chi connectivity index (χ3n) is 4.03. The molecule has 0 atom stereocenters. The van der Waals surface area contributed by atoms with E-state index < -0.39 is 0 Å². The van der Waals surface area contributed by atoms with Gasteiger partial charge in [0.1, 0.15) is 0 Å². The van der Waals surface area contributed by atoms with Crippen molar-refractivity contribution in [1.82, 2.24) is 4.90 Å². The van der Waals surface area contributed by atoms with Gasteiger partial charge in [-0.05, 0) is 83.0 Å². The fourth-order valence-electron chi connectivity index (χ4n) is 2.73. The average molecular weight is 497 g/mol. The molecule has 0 saturated carbocycles. The number of ether oxygens (including phenoxy) is 2. The summed E-state index contributed by atoms with van der Waals surface area (Å²) in [6.45, 7) is 4.06. The minimum atomic E-state index is -0.326. The topological polar surface area (TPSA) is 55.8 Å². The van der Waals surface area contributed by atoms with Gasteiger partial charge in [0.05, 0.1) is 29.1 Å². The van der Waals surface area contributed by atoms with Crippen molar-refractivity contribution in [3.63, 3.8) is 0 Å². The lowest BCUT2D eigenvalue weighted by atomic mass is 10.1. The van der Waals surface area contributed by atoms with Crippen LogP contribution in [-0.2, 0) is 11.3 Å². The fraction of sp³-hybridized carbons (Fsp3) is 0.238. The van der Waals surface area contributed by atoms with Gasteiger partial charge in [-0.2, -0.15) is 0 Å². The van der Waals surface area contributed by atoms with Gasteiger partial charge in [0, 0.05) is 5.02 Å². The van der Waals surface area contributed by atoms with Crippen molar-refractivity contribution in [2.75, 3.05) is 7.11 Å². The van der Waals surface area contributed by atoms with E-state index in [9.17, 15) is 9.59 Å². The van der Waals surface area contributed by atoms with Crippen LogP contribution < -0.4 is 9.47 Å². The number of benzene rings is 2. The summed E-state index contributed by atoms with van der Waals surface area (Å²) in [5, 5.41) is 0.300. The Kier molecular flexibility index (Phi) is 6.93. The second-order valence-electron chi connectivity index (χ2n) is 6.60. The van der Waals surface area contributed by atoms with E-state index in [1.54, 1.807) is 43.5 Å². The second kappa shape index (κ2) is 9.24. The number of rotatable bonds is 6. The van der Waals surface area contributed by atoms with Gasteiger partial charge in [0.2, 0.25) is 0 Å². The molecule has 3 rings (SSSR count). The predicted octanol–water partition coefficient (Wildman–Crippen LogP) is 6.13. The number of hydrogen-bond donors (Lipinski definition) is 0. The number of thioether (sulfide) groups is 1. The highest BCUT2D eigenvalue weighted by Crippen LogP contribution is 2.39. The molecule has 0 aromatic heterocycles. The van der Waals surface area contributed by atoms with Gasteiger partial charge in [-0.1, -0.05) is 23.7 Å². The number of carbonyl (C=O) groups is 2. The number of amides is 2. The maximum atomic E-state index is 12.8. The van der Waals surface area contributed by atoms with Crippen LogP contribution in [0.1, 0.15) is 25.0 Å². The van der Waals surface area contributed by atoms with Crippen LogP contribution in [0.5, 0.6) is 11.5 Å². The molecule has 0 spiro atoms. The summed E-state index contributed by atoms with van der Waals surface area (Å²) in [5.41, 5.74) is 1.55. The molecule has 152 valence electrons. The Hall–Kier alpha value is -1.96. The number of imide groups is 1. The number of halogens is 2. The summed E-state index contributed by atoms with van der Waals surface area (Å²) in [6.07, 6.45) is 1.66. The third kappa shape index (κ3) is 5.15. The molecule has 0 N–H and O–H groups in total. The zero-order valence-corrected chi connectivity index (χ0v) is 19.2. The van der Waals surface area contributed by atoms with E-state index in [2.05, 4.69) is 15.9 Å². The number of methoxy groups -OCH3 is 1. The Morgan fingerprint density at radius 3 is 2.52 bits per heavy atom.